The van der Waals surface area contributed by atoms with Crippen LogP contribution in [-0.2, 0) is 0 Å². The first-order valence-electron chi connectivity index (χ1n) is 9.18. The number of nitrogens with one attached hydrogen (secondary N) is 1. The van der Waals surface area contributed by atoms with Crippen molar-refractivity contribution >= 4 is 17.5 Å². The molecule has 2 heterocycles. The number of fused-ring (bicyclic) bond motifs is 1. The molecule has 9 heteroatoms. The molecule has 152 valence electrons. The molecule has 0 bridgehead atoms. The molecule has 0 fully saturated rings. The van der Waals surface area contributed by atoms with Crippen molar-refractivity contribution in [2.75, 3.05) is 11.9 Å². The van der Waals surface area contributed by atoms with Crippen molar-refractivity contribution in [2.24, 2.45) is 0 Å². The number of hydrogen-bond donors (Lipinski definition) is 1. The van der Waals surface area contributed by atoms with Gasteiger partial charge in [-0.25, -0.2) is 4.68 Å². The number of nitrogens with zero attached hydrogens (tertiary/aromatic N) is 3. The molecule has 29 heavy (non-hydrogen) atoms. The number of benzene rings is 2. The molecule has 0 unspecified atom stereocenters. The lowest BCUT2D eigenvalue weighted by molar-refractivity contribution is -0.0498. The van der Waals surface area contributed by atoms with Crippen molar-refractivity contribution in [3.8, 4) is 11.5 Å². The largest absolute Gasteiger partial charge is 0.492 e. The van der Waals surface area contributed by atoms with Crippen molar-refractivity contribution in [1.29, 1.82) is 0 Å². The zero-order valence-electron chi connectivity index (χ0n) is 15.6. The van der Waals surface area contributed by atoms with Gasteiger partial charge in [0, 0.05) is 0 Å². The Labute approximate surface area is 171 Å². The zero-order valence-corrected chi connectivity index (χ0v) is 16.3. The van der Waals surface area contributed by atoms with Crippen LogP contribution in [-0.4, -0.2) is 28.0 Å². The Morgan fingerprint density at radius 1 is 1.21 bits per heavy atom. The number of aromatic nitrogens is 3. The summed E-state index contributed by atoms with van der Waals surface area (Å²) in [5.41, 5.74) is 1.91. The first-order valence-corrected chi connectivity index (χ1v) is 9.56. The van der Waals surface area contributed by atoms with Crippen LogP contribution in [0.25, 0.3) is 0 Å². The third kappa shape index (κ3) is 4.12. The highest BCUT2D eigenvalue weighted by Crippen LogP contribution is 2.39. The second-order valence-corrected chi connectivity index (χ2v) is 6.95. The van der Waals surface area contributed by atoms with Crippen LogP contribution < -0.4 is 14.8 Å². The van der Waals surface area contributed by atoms with Crippen LogP contribution in [0.5, 0.6) is 11.5 Å². The van der Waals surface area contributed by atoms with E-state index in [0.29, 0.717) is 29.7 Å². The minimum absolute atomic E-state index is 0.0538. The SMILES string of the molecule is CCOc1ccc([C@@H]2C[C@@H](c3ccc(OC(F)F)cc3)n3ncnc3N2)cc1Cl. The van der Waals surface area contributed by atoms with Crippen LogP contribution in [0.4, 0.5) is 14.7 Å². The molecule has 0 radical (unpaired) electrons. The molecule has 4 rings (SSSR count). The lowest BCUT2D eigenvalue weighted by Gasteiger charge is -2.32. The molecule has 0 saturated carbocycles. The second kappa shape index (κ2) is 8.24. The molecule has 0 amide bonds. The number of ether oxygens (including phenoxy) is 2. The summed E-state index contributed by atoms with van der Waals surface area (Å²) in [5.74, 6) is 1.39. The predicted molar refractivity (Wildman–Crippen MR) is 105 cm³/mol. The first-order chi connectivity index (χ1) is 14.0. The van der Waals surface area contributed by atoms with Crippen LogP contribution >= 0.6 is 11.6 Å². The first kappa shape index (κ1) is 19.4. The molecular formula is C20H19ClF2N4O2. The highest BCUT2D eigenvalue weighted by atomic mass is 35.5. The Morgan fingerprint density at radius 2 is 1.97 bits per heavy atom. The molecule has 2 aromatic carbocycles. The fourth-order valence-electron chi connectivity index (χ4n) is 3.49. The van der Waals surface area contributed by atoms with Crippen molar-refractivity contribution in [3.63, 3.8) is 0 Å². The Bertz CT molecular complexity index is 981. The standard InChI is InChI=1S/C20H19ClF2N4O2/c1-2-28-18-8-5-13(9-15(18)21)16-10-17(27-20(26-16)24-11-25-27)12-3-6-14(7-4-12)29-19(22)23/h3-9,11,16-17,19H,2,10H2,1H3,(H,24,25,26)/t16-,17-/m0/s1. The van der Waals surface area contributed by atoms with E-state index in [1.54, 1.807) is 16.8 Å². The lowest BCUT2D eigenvalue weighted by atomic mass is 9.93. The summed E-state index contributed by atoms with van der Waals surface area (Å²) in [6.07, 6.45) is 2.16. The van der Waals surface area contributed by atoms with Gasteiger partial charge in [-0.05, 0) is 48.7 Å². The van der Waals surface area contributed by atoms with Gasteiger partial charge in [-0.2, -0.15) is 18.9 Å². The number of rotatable bonds is 6. The van der Waals surface area contributed by atoms with E-state index in [1.165, 1.54) is 18.5 Å². The quantitative estimate of drug-likeness (QED) is 0.602. The van der Waals surface area contributed by atoms with Crippen LogP contribution in [0.15, 0.2) is 48.8 Å². The fraction of sp³-hybridized carbons (Fsp3) is 0.300. The van der Waals surface area contributed by atoms with E-state index in [-0.39, 0.29) is 17.8 Å². The topological polar surface area (TPSA) is 61.2 Å². The molecular weight excluding hydrogens is 402 g/mol. The van der Waals surface area contributed by atoms with E-state index in [4.69, 9.17) is 16.3 Å². The van der Waals surface area contributed by atoms with Gasteiger partial charge in [0.05, 0.1) is 23.7 Å². The number of hydrogen-bond acceptors (Lipinski definition) is 5. The van der Waals surface area contributed by atoms with Crippen molar-refractivity contribution in [3.05, 3.63) is 64.9 Å². The van der Waals surface area contributed by atoms with Crippen LogP contribution in [0.3, 0.4) is 0 Å². The van der Waals surface area contributed by atoms with Gasteiger partial charge in [-0.15, -0.1) is 0 Å². The molecule has 3 aromatic rings. The van der Waals surface area contributed by atoms with Gasteiger partial charge in [0.25, 0.3) is 0 Å². The fourth-order valence-corrected chi connectivity index (χ4v) is 3.74. The van der Waals surface area contributed by atoms with E-state index in [2.05, 4.69) is 20.1 Å². The van der Waals surface area contributed by atoms with Crippen LogP contribution in [0.2, 0.25) is 5.02 Å². The van der Waals surface area contributed by atoms with Crippen molar-refractivity contribution < 1.29 is 18.3 Å². The molecule has 1 N–H and O–H groups in total. The summed E-state index contributed by atoms with van der Waals surface area (Å²) in [7, 11) is 0. The van der Waals surface area contributed by atoms with Gasteiger partial charge in [0.1, 0.15) is 17.8 Å². The van der Waals surface area contributed by atoms with Gasteiger partial charge in [-0.3, -0.25) is 0 Å². The molecule has 6 nitrogen and oxygen atoms in total. The highest BCUT2D eigenvalue weighted by Gasteiger charge is 2.30. The zero-order chi connectivity index (χ0) is 20.4. The van der Waals surface area contributed by atoms with Gasteiger partial charge in [0.15, 0.2) is 0 Å². The number of anilines is 1. The summed E-state index contributed by atoms with van der Waals surface area (Å²) < 4.78 is 36.5. The molecule has 1 aromatic heterocycles. The Morgan fingerprint density at radius 3 is 2.66 bits per heavy atom. The summed E-state index contributed by atoms with van der Waals surface area (Å²) in [4.78, 5) is 4.29. The average molecular weight is 421 g/mol. The van der Waals surface area contributed by atoms with E-state index >= 15 is 0 Å². The van der Waals surface area contributed by atoms with E-state index in [9.17, 15) is 8.78 Å². The number of alkyl halides is 2. The van der Waals surface area contributed by atoms with Gasteiger partial charge < -0.3 is 14.8 Å². The Hall–Kier alpha value is -2.87. The van der Waals surface area contributed by atoms with Crippen LogP contribution in [0, 0.1) is 0 Å². The Kier molecular flexibility index (Phi) is 5.53. The summed E-state index contributed by atoms with van der Waals surface area (Å²) in [5, 5.41) is 8.24. The van der Waals surface area contributed by atoms with E-state index < -0.39 is 6.61 Å². The normalized spacial score (nSPS) is 18.2. The minimum atomic E-state index is -2.85. The molecule has 1 aliphatic heterocycles. The number of halogens is 3. The summed E-state index contributed by atoms with van der Waals surface area (Å²) >= 11 is 6.36. The third-order valence-corrected chi connectivity index (χ3v) is 5.07. The summed E-state index contributed by atoms with van der Waals surface area (Å²) in [6, 6.07) is 12.1. The average Bonchev–Trinajstić information content (AvgIpc) is 3.18. The molecule has 2 atom stereocenters. The van der Waals surface area contributed by atoms with Gasteiger partial charge >= 0.3 is 6.61 Å². The Balaban J connectivity index is 1.61. The van der Waals surface area contributed by atoms with Gasteiger partial charge in [0.2, 0.25) is 5.95 Å². The van der Waals surface area contributed by atoms with Gasteiger partial charge in [-0.1, -0.05) is 29.8 Å². The van der Waals surface area contributed by atoms with Crippen molar-refractivity contribution in [1.82, 2.24) is 14.8 Å². The lowest BCUT2D eigenvalue weighted by Crippen LogP contribution is -2.28. The smallest absolute Gasteiger partial charge is 0.387 e. The van der Waals surface area contributed by atoms with E-state index in [0.717, 1.165) is 11.1 Å². The van der Waals surface area contributed by atoms with E-state index in [1.807, 2.05) is 25.1 Å². The summed E-state index contributed by atoms with van der Waals surface area (Å²) in [6.45, 7) is -0.408. The minimum Gasteiger partial charge on any atom is -0.492 e. The molecule has 0 aliphatic carbocycles. The molecule has 0 saturated heterocycles. The predicted octanol–water partition coefficient (Wildman–Crippen LogP) is 5.08. The van der Waals surface area contributed by atoms with Crippen LogP contribution in [0.1, 0.15) is 36.6 Å². The molecule has 1 aliphatic rings. The highest BCUT2D eigenvalue weighted by molar-refractivity contribution is 6.32. The monoisotopic (exact) mass is 420 g/mol. The maximum absolute atomic E-state index is 12.4. The molecule has 0 spiro atoms. The maximum atomic E-state index is 12.4. The third-order valence-electron chi connectivity index (χ3n) is 4.78. The maximum Gasteiger partial charge on any atom is 0.387 e. The van der Waals surface area contributed by atoms with Crippen molar-refractivity contribution in [2.45, 2.75) is 32.0 Å². The second-order valence-electron chi connectivity index (χ2n) is 6.55.